The first-order chi connectivity index (χ1) is 6.43. The summed E-state index contributed by atoms with van der Waals surface area (Å²) < 4.78 is 5.77. The van der Waals surface area contributed by atoms with Gasteiger partial charge in [0.25, 0.3) is 0 Å². The first kappa shape index (κ1) is 11.0. The van der Waals surface area contributed by atoms with Gasteiger partial charge in [0, 0.05) is 6.61 Å². The molecule has 0 aromatic rings. The Morgan fingerprint density at radius 3 is 2.92 bits per heavy atom. The zero-order valence-corrected chi connectivity index (χ0v) is 9.95. The molecular weight excluding hydrogens is 176 g/mol. The number of hydrogen-bond donors (Lipinski definition) is 0. The highest BCUT2D eigenvalue weighted by Gasteiger charge is 2.13. The molecule has 1 heterocycles. The summed E-state index contributed by atoms with van der Waals surface area (Å²) in [6.07, 6.45) is 11.3. The third-order valence-corrected chi connectivity index (χ3v) is 5.12. The quantitative estimate of drug-likeness (QED) is 0.374. The van der Waals surface area contributed by atoms with Crippen molar-refractivity contribution in [3.05, 3.63) is 12.2 Å². The van der Waals surface area contributed by atoms with E-state index >= 15 is 0 Å². The van der Waals surface area contributed by atoms with E-state index in [0.717, 1.165) is 6.61 Å². The molecule has 0 spiro atoms. The minimum atomic E-state index is -0.765. The Balaban J connectivity index is 2.00. The van der Waals surface area contributed by atoms with Gasteiger partial charge in [-0.1, -0.05) is 38.3 Å². The summed E-state index contributed by atoms with van der Waals surface area (Å²) in [6.45, 7) is 3.28. The summed E-state index contributed by atoms with van der Waals surface area (Å²) in [5.74, 6) is 0. The summed E-state index contributed by atoms with van der Waals surface area (Å²) in [5, 5.41) is 0. The van der Waals surface area contributed by atoms with Gasteiger partial charge in [0.1, 0.15) is 0 Å². The molecule has 1 fully saturated rings. The third-order valence-electron chi connectivity index (χ3n) is 2.56. The van der Waals surface area contributed by atoms with E-state index in [1.165, 1.54) is 44.2 Å². The molecule has 0 amide bonds. The van der Waals surface area contributed by atoms with E-state index in [1.54, 1.807) is 0 Å². The van der Waals surface area contributed by atoms with E-state index in [4.69, 9.17) is 4.43 Å². The Kier molecular flexibility index (Phi) is 6.20. The van der Waals surface area contributed by atoms with Crippen molar-refractivity contribution in [2.45, 2.75) is 51.1 Å². The van der Waals surface area contributed by atoms with Gasteiger partial charge in [0.05, 0.1) is 0 Å². The van der Waals surface area contributed by atoms with Crippen molar-refractivity contribution in [2.75, 3.05) is 6.61 Å². The highest BCUT2D eigenvalue weighted by molar-refractivity contribution is 6.52. The van der Waals surface area contributed by atoms with Crippen molar-refractivity contribution in [3.63, 3.8) is 0 Å². The maximum absolute atomic E-state index is 5.77. The standard InChI is InChI=1S/C11H22OSi/c1-2-3-4-5-7-10-13-11-8-6-9-12-13/h5,7,13H,2-4,6,8-11H2,1H3. The fourth-order valence-corrected chi connectivity index (χ4v) is 3.96. The van der Waals surface area contributed by atoms with Crippen molar-refractivity contribution < 1.29 is 4.43 Å². The summed E-state index contributed by atoms with van der Waals surface area (Å²) >= 11 is 0. The van der Waals surface area contributed by atoms with Crippen LogP contribution in [0.2, 0.25) is 12.1 Å². The van der Waals surface area contributed by atoms with E-state index in [1.807, 2.05) is 0 Å². The second-order valence-corrected chi connectivity index (χ2v) is 6.46. The van der Waals surface area contributed by atoms with Crippen LogP contribution in [0.4, 0.5) is 0 Å². The van der Waals surface area contributed by atoms with Crippen molar-refractivity contribution in [1.29, 1.82) is 0 Å². The van der Waals surface area contributed by atoms with Gasteiger partial charge in [-0.25, -0.2) is 0 Å². The maximum Gasteiger partial charge on any atom is 0.180 e. The Morgan fingerprint density at radius 2 is 2.23 bits per heavy atom. The topological polar surface area (TPSA) is 9.23 Å². The fraction of sp³-hybridized carbons (Fsp3) is 0.818. The monoisotopic (exact) mass is 198 g/mol. The normalized spacial score (nSPS) is 23.9. The van der Waals surface area contributed by atoms with Crippen LogP contribution in [0.5, 0.6) is 0 Å². The number of unbranched alkanes of at least 4 members (excludes halogenated alkanes) is 2. The summed E-state index contributed by atoms with van der Waals surface area (Å²) in [7, 11) is -0.765. The molecule has 2 heteroatoms. The summed E-state index contributed by atoms with van der Waals surface area (Å²) in [6, 6.07) is 2.67. The fourth-order valence-electron chi connectivity index (χ4n) is 1.68. The van der Waals surface area contributed by atoms with Gasteiger partial charge >= 0.3 is 0 Å². The van der Waals surface area contributed by atoms with Crippen molar-refractivity contribution >= 4 is 9.04 Å². The molecule has 1 unspecified atom stereocenters. The van der Waals surface area contributed by atoms with Crippen molar-refractivity contribution in [1.82, 2.24) is 0 Å². The number of rotatable bonds is 5. The van der Waals surface area contributed by atoms with E-state index in [2.05, 4.69) is 19.1 Å². The molecule has 76 valence electrons. The van der Waals surface area contributed by atoms with Gasteiger partial charge in [-0.15, -0.1) is 0 Å². The Labute approximate surface area is 83.9 Å². The number of allylic oxidation sites excluding steroid dienone is 2. The van der Waals surface area contributed by atoms with Gasteiger partial charge < -0.3 is 4.43 Å². The zero-order valence-electron chi connectivity index (χ0n) is 8.80. The Hall–Kier alpha value is -0.0831. The lowest BCUT2D eigenvalue weighted by Crippen LogP contribution is -2.21. The smallest absolute Gasteiger partial charge is 0.180 e. The first-order valence-electron chi connectivity index (χ1n) is 5.70. The van der Waals surface area contributed by atoms with Crippen LogP contribution >= 0.6 is 0 Å². The predicted octanol–water partition coefficient (Wildman–Crippen LogP) is 3.27. The molecule has 0 aromatic heterocycles. The molecule has 1 nitrogen and oxygen atoms in total. The third kappa shape index (κ3) is 5.27. The van der Waals surface area contributed by atoms with Gasteiger partial charge in [-0.2, -0.15) is 0 Å². The molecule has 1 aliphatic heterocycles. The van der Waals surface area contributed by atoms with Crippen LogP contribution in [0, 0.1) is 0 Å². The molecule has 1 saturated heterocycles. The predicted molar refractivity (Wildman–Crippen MR) is 60.6 cm³/mol. The lowest BCUT2D eigenvalue weighted by Gasteiger charge is -2.19. The molecule has 0 aliphatic carbocycles. The van der Waals surface area contributed by atoms with Gasteiger partial charge in [0.2, 0.25) is 0 Å². The van der Waals surface area contributed by atoms with Crippen LogP contribution < -0.4 is 0 Å². The Morgan fingerprint density at radius 1 is 1.31 bits per heavy atom. The highest BCUT2D eigenvalue weighted by Crippen LogP contribution is 2.14. The molecule has 0 N–H and O–H groups in total. The summed E-state index contributed by atoms with van der Waals surface area (Å²) in [5.41, 5.74) is 0. The average Bonchev–Trinajstić information content (AvgIpc) is 2.19. The second kappa shape index (κ2) is 7.33. The van der Waals surface area contributed by atoms with Crippen LogP contribution in [-0.2, 0) is 4.43 Å². The molecule has 1 aliphatic rings. The van der Waals surface area contributed by atoms with E-state index in [0.29, 0.717) is 0 Å². The minimum absolute atomic E-state index is 0.765. The van der Waals surface area contributed by atoms with Crippen LogP contribution in [0.1, 0.15) is 39.0 Å². The molecule has 1 atom stereocenters. The number of hydrogen-bond acceptors (Lipinski definition) is 1. The molecular formula is C11H22OSi. The highest BCUT2D eigenvalue weighted by atomic mass is 28.3. The molecule has 13 heavy (non-hydrogen) atoms. The summed E-state index contributed by atoms with van der Waals surface area (Å²) in [4.78, 5) is 0. The molecule has 0 radical (unpaired) electrons. The first-order valence-corrected chi connectivity index (χ1v) is 7.80. The van der Waals surface area contributed by atoms with Crippen molar-refractivity contribution in [3.8, 4) is 0 Å². The molecule has 0 saturated carbocycles. The molecule has 0 bridgehead atoms. The van der Waals surface area contributed by atoms with Gasteiger partial charge in [0.15, 0.2) is 9.04 Å². The lowest BCUT2D eigenvalue weighted by molar-refractivity contribution is 0.288. The van der Waals surface area contributed by atoms with Crippen LogP contribution in [0.25, 0.3) is 0 Å². The van der Waals surface area contributed by atoms with Crippen molar-refractivity contribution in [2.24, 2.45) is 0 Å². The van der Waals surface area contributed by atoms with E-state index < -0.39 is 9.04 Å². The maximum atomic E-state index is 5.77. The van der Waals surface area contributed by atoms with Crippen LogP contribution in [0.15, 0.2) is 12.2 Å². The second-order valence-electron chi connectivity index (χ2n) is 3.84. The minimum Gasteiger partial charge on any atom is -0.420 e. The van der Waals surface area contributed by atoms with Gasteiger partial charge in [-0.05, 0) is 24.9 Å². The average molecular weight is 198 g/mol. The van der Waals surface area contributed by atoms with E-state index in [-0.39, 0.29) is 0 Å². The largest absolute Gasteiger partial charge is 0.420 e. The zero-order chi connectivity index (χ0) is 9.36. The lowest BCUT2D eigenvalue weighted by atomic mass is 10.2. The van der Waals surface area contributed by atoms with Crippen LogP contribution in [0.3, 0.4) is 0 Å². The molecule has 0 aromatic carbocycles. The van der Waals surface area contributed by atoms with Crippen LogP contribution in [-0.4, -0.2) is 15.6 Å². The van der Waals surface area contributed by atoms with Gasteiger partial charge in [-0.3, -0.25) is 0 Å². The Bertz CT molecular complexity index is 139. The SMILES string of the molecule is CCCCC=CC[SiH]1CCCCO1. The van der Waals surface area contributed by atoms with E-state index in [9.17, 15) is 0 Å². The molecule has 1 rings (SSSR count).